The summed E-state index contributed by atoms with van der Waals surface area (Å²) in [5.74, 6) is 0.322. The molecule has 0 aliphatic carbocycles. The highest BCUT2D eigenvalue weighted by Crippen LogP contribution is 2.19. The Morgan fingerprint density at radius 2 is 2.16 bits per heavy atom. The van der Waals surface area contributed by atoms with Crippen molar-refractivity contribution in [2.24, 2.45) is 0 Å². The fourth-order valence-corrected chi connectivity index (χ4v) is 2.15. The number of benzene rings is 1. The average molecular weight is 264 g/mol. The lowest BCUT2D eigenvalue weighted by atomic mass is 10.2. The topological polar surface area (TPSA) is 53.0 Å². The lowest BCUT2D eigenvalue weighted by Gasteiger charge is -2.30. The van der Waals surface area contributed by atoms with Gasteiger partial charge in [-0.15, -0.1) is 0 Å². The molecule has 1 aliphatic rings. The lowest BCUT2D eigenvalue weighted by molar-refractivity contribution is -0.133. The van der Waals surface area contributed by atoms with Gasteiger partial charge in [-0.25, -0.2) is 0 Å². The van der Waals surface area contributed by atoms with Gasteiger partial charge in [0.2, 0.25) is 5.91 Å². The van der Waals surface area contributed by atoms with E-state index in [4.69, 9.17) is 4.74 Å². The first-order valence-corrected chi connectivity index (χ1v) is 6.60. The monoisotopic (exact) mass is 264 g/mol. The zero-order valence-corrected chi connectivity index (χ0v) is 11.2. The third kappa shape index (κ3) is 3.61. The molecule has 1 amide bonds. The van der Waals surface area contributed by atoms with Crippen LogP contribution in [0.5, 0.6) is 5.75 Å². The van der Waals surface area contributed by atoms with E-state index in [2.05, 4.69) is 0 Å². The maximum Gasteiger partial charge on any atom is 0.242 e. The van der Waals surface area contributed by atoms with Crippen molar-refractivity contribution >= 4 is 11.6 Å². The highest BCUT2D eigenvalue weighted by molar-refractivity contribution is 5.81. The minimum Gasteiger partial charge on any atom is -0.508 e. The van der Waals surface area contributed by atoms with Gasteiger partial charge in [0.25, 0.3) is 0 Å². The number of rotatable bonds is 4. The van der Waals surface area contributed by atoms with Gasteiger partial charge in [0.05, 0.1) is 19.8 Å². The van der Waals surface area contributed by atoms with Crippen LogP contribution in [0.1, 0.15) is 6.92 Å². The molecule has 1 aromatic rings. The van der Waals surface area contributed by atoms with Gasteiger partial charge >= 0.3 is 0 Å². The van der Waals surface area contributed by atoms with Crippen molar-refractivity contribution in [1.29, 1.82) is 0 Å². The Kier molecular flexibility index (Phi) is 4.63. The number of carbonyl (C=O) groups excluding carboxylic acids is 1. The first kappa shape index (κ1) is 13.7. The van der Waals surface area contributed by atoms with Crippen LogP contribution in [0.25, 0.3) is 0 Å². The Bertz CT molecular complexity index is 430. The summed E-state index contributed by atoms with van der Waals surface area (Å²) in [6.45, 7) is 5.61. The lowest BCUT2D eigenvalue weighted by Crippen LogP contribution is -2.45. The predicted octanol–water partition coefficient (Wildman–Crippen LogP) is 1.08. The molecule has 5 nitrogen and oxygen atoms in total. The van der Waals surface area contributed by atoms with E-state index in [0.29, 0.717) is 32.8 Å². The SMILES string of the molecule is CCN(CC(=O)N1CCOCC1)c1cccc(O)c1. The molecule has 0 bridgehead atoms. The van der Waals surface area contributed by atoms with Gasteiger partial charge in [0.1, 0.15) is 5.75 Å². The van der Waals surface area contributed by atoms with Crippen LogP contribution in [0, 0.1) is 0 Å². The molecule has 0 aromatic heterocycles. The van der Waals surface area contributed by atoms with Crippen LogP contribution in [-0.4, -0.2) is 55.3 Å². The molecule has 0 spiro atoms. The number of hydrogen-bond acceptors (Lipinski definition) is 4. The molecule has 1 aromatic carbocycles. The zero-order chi connectivity index (χ0) is 13.7. The van der Waals surface area contributed by atoms with Crippen LogP contribution < -0.4 is 4.90 Å². The fraction of sp³-hybridized carbons (Fsp3) is 0.500. The van der Waals surface area contributed by atoms with E-state index in [0.717, 1.165) is 12.2 Å². The number of aromatic hydroxyl groups is 1. The number of morpholine rings is 1. The maximum atomic E-state index is 12.2. The van der Waals surface area contributed by atoms with Crippen molar-refractivity contribution in [3.63, 3.8) is 0 Å². The molecule has 0 saturated carbocycles. The molecule has 1 aliphatic heterocycles. The van der Waals surface area contributed by atoms with E-state index in [9.17, 15) is 9.90 Å². The van der Waals surface area contributed by atoms with E-state index in [1.165, 1.54) is 0 Å². The molecule has 2 rings (SSSR count). The summed E-state index contributed by atoms with van der Waals surface area (Å²) in [4.78, 5) is 16.0. The second-order valence-corrected chi connectivity index (χ2v) is 4.53. The number of nitrogens with zero attached hydrogens (tertiary/aromatic N) is 2. The van der Waals surface area contributed by atoms with Crippen molar-refractivity contribution in [2.75, 3.05) is 44.3 Å². The molecule has 0 radical (unpaired) electrons. The Hall–Kier alpha value is -1.75. The minimum atomic E-state index is 0.105. The third-order valence-corrected chi connectivity index (χ3v) is 3.27. The van der Waals surface area contributed by atoms with E-state index >= 15 is 0 Å². The molecular weight excluding hydrogens is 244 g/mol. The van der Waals surface area contributed by atoms with Crippen molar-refractivity contribution < 1.29 is 14.6 Å². The average Bonchev–Trinajstić information content (AvgIpc) is 2.45. The zero-order valence-electron chi connectivity index (χ0n) is 11.2. The molecule has 19 heavy (non-hydrogen) atoms. The largest absolute Gasteiger partial charge is 0.508 e. The van der Waals surface area contributed by atoms with E-state index in [1.807, 2.05) is 22.8 Å². The van der Waals surface area contributed by atoms with E-state index < -0.39 is 0 Å². The molecular formula is C14H20N2O3. The second-order valence-electron chi connectivity index (χ2n) is 4.53. The van der Waals surface area contributed by atoms with Gasteiger partial charge < -0.3 is 19.6 Å². The highest BCUT2D eigenvalue weighted by Gasteiger charge is 2.19. The van der Waals surface area contributed by atoms with Gasteiger partial charge in [-0.1, -0.05) is 6.07 Å². The Morgan fingerprint density at radius 3 is 2.79 bits per heavy atom. The number of likely N-dealkylation sites (N-methyl/N-ethyl adjacent to an activating group) is 1. The van der Waals surface area contributed by atoms with Crippen LogP contribution in [0.2, 0.25) is 0 Å². The summed E-state index contributed by atoms with van der Waals surface area (Å²) in [7, 11) is 0. The quantitative estimate of drug-likeness (QED) is 0.884. The number of anilines is 1. The number of hydrogen-bond donors (Lipinski definition) is 1. The smallest absolute Gasteiger partial charge is 0.242 e. The molecule has 1 saturated heterocycles. The van der Waals surface area contributed by atoms with Crippen LogP contribution in [0.3, 0.4) is 0 Å². The third-order valence-electron chi connectivity index (χ3n) is 3.27. The number of ether oxygens (including phenoxy) is 1. The summed E-state index contributed by atoms with van der Waals surface area (Å²) >= 11 is 0. The van der Waals surface area contributed by atoms with Gasteiger partial charge in [-0.3, -0.25) is 4.79 Å². The molecule has 1 fully saturated rings. The highest BCUT2D eigenvalue weighted by atomic mass is 16.5. The molecule has 0 atom stereocenters. The summed E-state index contributed by atoms with van der Waals surface area (Å²) in [5.41, 5.74) is 0.865. The number of amides is 1. The molecule has 0 unspecified atom stereocenters. The number of phenols is 1. The number of phenolic OH excluding ortho intramolecular Hbond substituents is 1. The van der Waals surface area contributed by atoms with Crippen LogP contribution >= 0.6 is 0 Å². The van der Waals surface area contributed by atoms with Crippen LogP contribution in [0.4, 0.5) is 5.69 Å². The molecule has 1 heterocycles. The normalized spacial score (nSPS) is 15.3. The Balaban J connectivity index is 2.00. The Morgan fingerprint density at radius 1 is 1.42 bits per heavy atom. The van der Waals surface area contributed by atoms with E-state index in [1.54, 1.807) is 18.2 Å². The van der Waals surface area contributed by atoms with Crippen molar-refractivity contribution in [3.8, 4) is 5.75 Å². The second kappa shape index (κ2) is 6.43. The van der Waals surface area contributed by atoms with Crippen molar-refractivity contribution in [2.45, 2.75) is 6.92 Å². The summed E-state index contributed by atoms with van der Waals surface area (Å²) < 4.78 is 5.24. The van der Waals surface area contributed by atoms with Gasteiger partial charge in [0, 0.05) is 31.4 Å². The summed E-state index contributed by atoms with van der Waals surface area (Å²) in [6, 6.07) is 6.99. The van der Waals surface area contributed by atoms with E-state index in [-0.39, 0.29) is 11.7 Å². The van der Waals surface area contributed by atoms with Crippen molar-refractivity contribution in [1.82, 2.24) is 4.90 Å². The standard InChI is InChI=1S/C14H20N2O3/c1-2-15(12-4-3-5-13(17)10-12)11-14(18)16-6-8-19-9-7-16/h3-5,10,17H,2,6-9,11H2,1H3. The van der Waals surface area contributed by atoms with Gasteiger partial charge in [-0.05, 0) is 19.1 Å². The van der Waals surface area contributed by atoms with Crippen LogP contribution in [0.15, 0.2) is 24.3 Å². The number of carbonyl (C=O) groups is 1. The summed E-state index contributed by atoms with van der Waals surface area (Å²) in [6.07, 6.45) is 0. The Labute approximate surface area is 113 Å². The first-order chi connectivity index (χ1) is 9.20. The molecule has 5 heteroatoms. The molecule has 104 valence electrons. The van der Waals surface area contributed by atoms with Gasteiger partial charge in [-0.2, -0.15) is 0 Å². The van der Waals surface area contributed by atoms with Crippen molar-refractivity contribution in [3.05, 3.63) is 24.3 Å². The van der Waals surface area contributed by atoms with Crippen LogP contribution in [-0.2, 0) is 9.53 Å². The predicted molar refractivity (Wildman–Crippen MR) is 73.4 cm³/mol. The fourth-order valence-electron chi connectivity index (χ4n) is 2.15. The molecule has 1 N–H and O–H groups in total. The maximum absolute atomic E-state index is 12.2. The minimum absolute atomic E-state index is 0.105. The first-order valence-electron chi connectivity index (χ1n) is 6.60. The summed E-state index contributed by atoms with van der Waals surface area (Å²) in [5, 5.41) is 9.50. The van der Waals surface area contributed by atoms with Gasteiger partial charge in [0.15, 0.2) is 0 Å².